The number of halogens is 4. The molecule has 3 aromatic rings. The average molecular weight is 405 g/mol. The number of nitrogens with one attached hydrogen (secondary N) is 1. The standard InChI is InChI=1S/C20H15F4N3O2/c21-14-2-1-9-26-18(14)17(11-3-6-13(7-4-11)20(22,23)24)27-19(29)12-5-8-16(28)15(25)10-12/h1-10,17,28H,25H2,(H,27,29). The van der Waals surface area contributed by atoms with Gasteiger partial charge >= 0.3 is 6.18 Å². The van der Waals surface area contributed by atoms with Crippen molar-refractivity contribution >= 4 is 11.6 Å². The number of alkyl halides is 3. The maximum Gasteiger partial charge on any atom is 0.416 e. The Bertz CT molecular complexity index is 1040. The van der Waals surface area contributed by atoms with Crippen LogP contribution in [0.15, 0.2) is 60.8 Å². The van der Waals surface area contributed by atoms with E-state index in [1.54, 1.807) is 0 Å². The molecule has 150 valence electrons. The van der Waals surface area contributed by atoms with Gasteiger partial charge in [0, 0.05) is 11.8 Å². The molecule has 0 aliphatic heterocycles. The average Bonchev–Trinajstić information content (AvgIpc) is 2.68. The molecule has 3 rings (SSSR count). The lowest BCUT2D eigenvalue weighted by Gasteiger charge is -2.20. The highest BCUT2D eigenvalue weighted by Gasteiger charge is 2.31. The first kappa shape index (κ1) is 20.1. The van der Waals surface area contributed by atoms with Crippen LogP contribution in [0.25, 0.3) is 0 Å². The molecule has 9 heteroatoms. The summed E-state index contributed by atoms with van der Waals surface area (Å²) >= 11 is 0. The fourth-order valence-electron chi connectivity index (χ4n) is 2.69. The maximum atomic E-state index is 14.3. The van der Waals surface area contributed by atoms with Gasteiger partial charge in [0.15, 0.2) is 0 Å². The Balaban J connectivity index is 1.99. The topological polar surface area (TPSA) is 88.2 Å². The molecule has 4 N–H and O–H groups in total. The van der Waals surface area contributed by atoms with Crippen molar-refractivity contribution in [3.05, 3.63) is 89.0 Å². The summed E-state index contributed by atoms with van der Waals surface area (Å²) in [7, 11) is 0. The van der Waals surface area contributed by atoms with Crippen LogP contribution >= 0.6 is 0 Å². The molecule has 0 saturated carbocycles. The van der Waals surface area contributed by atoms with Crippen molar-refractivity contribution in [1.82, 2.24) is 10.3 Å². The monoisotopic (exact) mass is 405 g/mol. The number of hydrogen-bond acceptors (Lipinski definition) is 4. The number of hydrogen-bond donors (Lipinski definition) is 3. The Morgan fingerprint density at radius 3 is 2.38 bits per heavy atom. The Hall–Kier alpha value is -3.62. The zero-order valence-electron chi connectivity index (χ0n) is 14.7. The molecule has 1 aromatic heterocycles. The van der Waals surface area contributed by atoms with E-state index in [9.17, 15) is 27.5 Å². The van der Waals surface area contributed by atoms with Crippen molar-refractivity contribution in [2.24, 2.45) is 0 Å². The second-order valence-electron chi connectivity index (χ2n) is 6.17. The quantitative estimate of drug-likeness (QED) is 0.347. The number of nitrogens with zero attached hydrogens (tertiary/aromatic N) is 1. The van der Waals surface area contributed by atoms with Crippen molar-refractivity contribution in [3.8, 4) is 5.75 Å². The summed E-state index contributed by atoms with van der Waals surface area (Å²) < 4.78 is 52.8. The number of rotatable bonds is 4. The molecule has 0 saturated heterocycles. The number of amides is 1. The largest absolute Gasteiger partial charge is 0.506 e. The number of aromatic hydroxyl groups is 1. The number of nitrogen functional groups attached to an aromatic ring is 1. The third kappa shape index (κ3) is 4.45. The number of carbonyl (C=O) groups excluding carboxylic acids is 1. The third-order valence-corrected chi connectivity index (χ3v) is 4.20. The predicted molar refractivity (Wildman–Crippen MR) is 97.5 cm³/mol. The van der Waals surface area contributed by atoms with E-state index in [1.807, 2.05) is 0 Å². The normalized spacial score (nSPS) is 12.4. The summed E-state index contributed by atoms with van der Waals surface area (Å²) in [6.07, 6.45) is -3.22. The summed E-state index contributed by atoms with van der Waals surface area (Å²) in [6.45, 7) is 0. The number of anilines is 1. The lowest BCUT2D eigenvalue weighted by molar-refractivity contribution is -0.137. The number of benzene rings is 2. The number of aromatic nitrogens is 1. The van der Waals surface area contributed by atoms with Crippen LogP contribution in [-0.2, 0) is 6.18 Å². The van der Waals surface area contributed by atoms with Gasteiger partial charge in [0.05, 0.1) is 17.3 Å². The van der Waals surface area contributed by atoms with Gasteiger partial charge in [-0.1, -0.05) is 12.1 Å². The van der Waals surface area contributed by atoms with Crippen LogP contribution in [0.5, 0.6) is 5.75 Å². The van der Waals surface area contributed by atoms with E-state index in [1.165, 1.54) is 30.5 Å². The first-order chi connectivity index (χ1) is 13.7. The molecule has 0 fully saturated rings. The first-order valence-corrected chi connectivity index (χ1v) is 8.33. The smallest absolute Gasteiger partial charge is 0.416 e. The van der Waals surface area contributed by atoms with Gasteiger partial charge in [-0.2, -0.15) is 13.2 Å². The van der Waals surface area contributed by atoms with Gasteiger partial charge in [-0.25, -0.2) is 4.39 Å². The van der Waals surface area contributed by atoms with Crippen LogP contribution < -0.4 is 11.1 Å². The molecule has 0 bridgehead atoms. The highest BCUT2D eigenvalue weighted by molar-refractivity contribution is 5.95. The molecule has 0 aliphatic carbocycles. The summed E-state index contributed by atoms with van der Waals surface area (Å²) in [5, 5.41) is 12.0. The van der Waals surface area contributed by atoms with Crippen LogP contribution in [0.1, 0.15) is 33.2 Å². The van der Waals surface area contributed by atoms with Crippen LogP contribution in [0.4, 0.5) is 23.2 Å². The molecule has 1 atom stereocenters. The Kier molecular flexibility index (Phi) is 5.40. The van der Waals surface area contributed by atoms with Crippen LogP contribution in [0.3, 0.4) is 0 Å². The molecule has 5 nitrogen and oxygen atoms in total. The van der Waals surface area contributed by atoms with E-state index in [0.29, 0.717) is 0 Å². The fraction of sp³-hybridized carbons (Fsp3) is 0.100. The Morgan fingerprint density at radius 1 is 1.10 bits per heavy atom. The molecule has 29 heavy (non-hydrogen) atoms. The van der Waals surface area contributed by atoms with Gasteiger partial charge in [0.1, 0.15) is 17.3 Å². The molecule has 1 heterocycles. The molecule has 1 amide bonds. The Morgan fingerprint density at radius 2 is 1.79 bits per heavy atom. The van der Waals surface area contributed by atoms with Gasteiger partial charge in [-0.05, 0) is 48.0 Å². The molecule has 2 aromatic carbocycles. The minimum Gasteiger partial charge on any atom is -0.506 e. The SMILES string of the molecule is Nc1cc(C(=O)NC(c2ccc(C(F)(F)F)cc2)c2ncccc2F)ccc1O. The molecule has 0 radical (unpaired) electrons. The van der Waals surface area contributed by atoms with Crippen LogP contribution in [0, 0.1) is 5.82 Å². The van der Waals surface area contributed by atoms with Crippen molar-refractivity contribution in [2.75, 3.05) is 5.73 Å². The number of carbonyl (C=O) groups is 1. The second-order valence-corrected chi connectivity index (χ2v) is 6.17. The molecule has 0 aliphatic rings. The maximum absolute atomic E-state index is 14.3. The second kappa shape index (κ2) is 7.78. The number of phenolic OH excluding ortho intramolecular Hbond substituents is 1. The summed E-state index contributed by atoms with van der Waals surface area (Å²) in [5.74, 6) is -1.62. The van der Waals surface area contributed by atoms with Crippen LogP contribution in [-0.4, -0.2) is 16.0 Å². The molecule has 1 unspecified atom stereocenters. The van der Waals surface area contributed by atoms with Gasteiger partial charge in [-0.15, -0.1) is 0 Å². The van der Waals surface area contributed by atoms with Crippen molar-refractivity contribution in [1.29, 1.82) is 0 Å². The summed E-state index contributed by atoms with van der Waals surface area (Å²) in [4.78, 5) is 16.6. The van der Waals surface area contributed by atoms with Crippen molar-refractivity contribution in [2.45, 2.75) is 12.2 Å². The predicted octanol–water partition coefficient (Wildman–Crippen LogP) is 4.05. The highest BCUT2D eigenvalue weighted by atomic mass is 19.4. The lowest BCUT2D eigenvalue weighted by Crippen LogP contribution is -2.30. The summed E-state index contributed by atoms with van der Waals surface area (Å²) in [5.41, 5.74) is 4.80. The molecule has 0 spiro atoms. The fourth-order valence-corrected chi connectivity index (χ4v) is 2.69. The van der Waals surface area contributed by atoms with Gasteiger partial charge < -0.3 is 16.2 Å². The zero-order chi connectivity index (χ0) is 21.2. The minimum atomic E-state index is -4.53. The van der Waals surface area contributed by atoms with Crippen molar-refractivity contribution in [3.63, 3.8) is 0 Å². The lowest BCUT2D eigenvalue weighted by atomic mass is 10.00. The molecular weight excluding hydrogens is 390 g/mol. The van der Waals surface area contributed by atoms with E-state index in [0.717, 1.165) is 30.3 Å². The van der Waals surface area contributed by atoms with Gasteiger partial charge in [0.25, 0.3) is 5.91 Å². The number of phenols is 1. The third-order valence-electron chi connectivity index (χ3n) is 4.20. The first-order valence-electron chi connectivity index (χ1n) is 8.33. The number of pyridine rings is 1. The van der Waals surface area contributed by atoms with E-state index in [-0.39, 0.29) is 28.3 Å². The van der Waals surface area contributed by atoms with E-state index in [2.05, 4.69) is 10.3 Å². The van der Waals surface area contributed by atoms with Crippen LogP contribution in [0.2, 0.25) is 0 Å². The van der Waals surface area contributed by atoms with Crippen molar-refractivity contribution < 1.29 is 27.5 Å². The minimum absolute atomic E-state index is 0.0345. The van der Waals surface area contributed by atoms with Gasteiger partial charge in [-0.3, -0.25) is 9.78 Å². The highest BCUT2D eigenvalue weighted by Crippen LogP contribution is 2.31. The summed E-state index contributed by atoms with van der Waals surface area (Å²) in [6, 6.07) is 9.06. The van der Waals surface area contributed by atoms with E-state index >= 15 is 0 Å². The molecular formula is C20H15F4N3O2. The van der Waals surface area contributed by atoms with E-state index in [4.69, 9.17) is 5.73 Å². The Labute approximate surface area is 162 Å². The van der Waals surface area contributed by atoms with Gasteiger partial charge in [0.2, 0.25) is 0 Å². The zero-order valence-corrected chi connectivity index (χ0v) is 14.7. The van der Waals surface area contributed by atoms with E-state index < -0.39 is 29.5 Å². The number of nitrogens with two attached hydrogens (primary N) is 1.